The van der Waals surface area contributed by atoms with Gasteiger partial charge in [0.1, 0.15) is 11.4 Å². The van der Waals surface area contributed by atoms with Crippen molar-refractivity contribution >= 4 is 10.3 Å². The lowest BCUT2D eigenvalue weighted by molar-refractivity contribution is -0.137. The van der Waals surface area contributed by atoms with E-state index in [4.69, 9.17) is 5.14 Å². The van der Waals surface area contributed by atoms with E-state index in [0.29, 0.717) is 16.8 Å². The molecule has 2 aromatic carbocycles. The Bertz CT molecular complexity index is 1080. The van der Waals surface area contributed by atoms with Gasteiger partial charge < -0.3 is 4.18 Å². The van der Waals surface area contributed by atoms with Crippen molar-refractivity contribution in [1.29, 1.82) is 0 Å². The molecule has 0 aliphatic carbocycles. The highest BCUT2D eigenvalue weighted by atomic mass is 32.2. The fourth-order valence-corrected chi connectivity index (χ4v) is 2.78. The lowest BCUT2D eigenvalue weighted by Gasteiger charge is -2.10. The number of alkyl halides is 3. The molecule has 1 heterocycles. The summed E-state index contributed by atoms with van der Waals surface area (Å²) in [6, 6.07) is 9.36. The molecule has 7 nitrogen and oxygen atoms in total. The van der Waals surface area contributed by atoms with Crippen LogP contribution >= 0.6 is 0 Å². The first-order chi connectivity index (χ1) is 12.5. The molecule has 3 rings (SSSR count). The summed E-state index contributed by atoms with van der Waals surface area (Å²) in [6.45, 7) is 1.56. The highest BCUT2D eigenvalue weighted by molar-refractivity contribution is 7.84. The Morgan fingerprint density at radius 1 is 1.11 bits per heavy atom. The second-order valence-corrected chi connectivity index (χ2v) is 6.86. The first kappa shape index (κ1) is 18.9. The first-order valence-corrected chi connectivity index (χ1v) is 8.93. The van der Waals surface area contributed by atoms with Crippen LogP contribution in [0.1, 0.15) is 11.1 Å². The Kier molecular flexibility index (Phi) is 4.66. The molecule has 0 radical (unpaired) electrons. The van der Waals surface area contributed by atoms with E-state index in [1.165, 1.54) is 35.1 Å². The summed E-state index contributed by atoms with van der Waals surface area (Å²) in [6.07, 6.45) is -3.01. The van der Waals surface area contributed by atoms with E-state index in [1.807, 2.05) is 0 Å². The van der Waals surface area contributed by atoms with Crippen LogP contribution < -0.4 is 9.32 Å². The number of hydrogen-bond acceptors (Lipinski definition) is 5. The monoisotopic (exact) mass is 398 g/mol. The summed E-state index contributed by atoms with van der Waals surface area (Å²) in [5.41, 5.74) is 0.814. The molecule has 11 heteroatoms. The molecule has 0 saturated heterocycles. The van der Waals surface area contributed by atoms with Gasteiger partial charge in [-0.3, -0.25) is 0 Å². The smallest absolute Gasteiger partial charge is 0.371 e. The Morgan fingerprint density at radius 2 is 1.78 bits per heavy atom. The number of nitrogens with zero attached hydrogens (tertiary/aromatic N) is 3. The molecular weight excluding hydrogens is 385 g/mol. The molecule has 2 N–H and O–H groups in total. The molecule has 0 saturated carbocycles. The molecular formula is C16H13F3N4O3S. The third kappa shape index (κ3) is 4.63. The summed E-state index contributed by atoms with van der Waals surface area (Å²) in [5.74, 6) is 0.0159. The maximum atomic E-state index is 13.0. The van der Waals surface area contributed by atoms with Gasteiger partial charge in [0.25, 0.3) is 0 Å². The van der Waals surface area contributed by atoms with Crippen LogP contribution in [0.2, 0.25) is 0 Å². The quantitative estimate of drug-likeness (QED) is 0.728. The number of nitrogens with two attached hydrogens (primary N) is 1. The number of hydrogen-bond donors (Lipinski definition) is 1. The van der Waals surface area contributed by atoms with Crippen molar-refractivity contribution in [1.82, 2.24) is 15.0 Å². The molecule has 0 bridgehead atoms. The van der Waals surface area contributed by atoms with Crippen LogP contribution in [0.5, 0.6) is 5.75 Å². The van der Waals surface area contributed by atoms with E-state index in [2.05, 4.69) is 14.5 Å². The van der Waals surface area contributed by atoms with Crippen LogP contribution in [-0.2, 0) is 16.5 Å². The number of aryl methyl sites for hydroxylation is 1. The largest absolute Gasteiger partial charge is 0.416 e. The van der Waals surface area contributed by atoms with Crippen molar-refractivity contribution < 1.29 is 25.8 Å². The van der Waals surface area contributed by atoms with Gasteiger partial charge in [-0.25, -0.2) is 4.68 Å². The SMILES string of the molecule is Cc1cc(-n2cc(-c3ccc(OS(N)(=O)=O)cc3)nn2)cc(C(F)(F)F)c1. The molecule has 0 unspecified atom stereocenters. The first-order valence-electron chi connectivity index (χ1n) is 7.45. The van der Waals surface area contributed by atoms with Crippen LogP contribution in [0.25, 0.3) is 16.9 Å². The van der Waals surface area contributed by atoms with Crippen molar-refractivity contribution in [3.05, 3.63) is 59.8 Å². The fraction of sp³-hybridized carbons (Fsp3) is 0.125. The number of aromatic nitrogens is 3. The predicted molar refractivity (Wildman–Crippen MR) is 90.3 cm³/mol. The van der Waals surface area contributed by atoms with Gasteiger partial charge in [0.05, 0.1) is 17.4 Å². The van der Waals surface area contributed by atoms with E-state index in [0.717, 1.165) is 12.1 Å². The minimum Gasteiger partial charge on any atom is -0.371 e. The minimum absolute atomic E-state index is 0.0159. The predicted octanol–water partition coefficient (Wildman–Crippen LogP) is 2.84. The van der Waals surface area contributed by atoms with Crippen molar-refractivity contribution in [2.24, 2.45) is 5.14 Å². The molecule has 0 aliphatic rings. The van der Waals surface area contributed by atoms with Gasteiger partial charge in [-0.1, -0.05) is 5.21 Å². The summed E-state index contributed by atoms with van der Waals surface area (Å²) < 4.78 is 66.5. The van der Waals surface area contributed by atoms with Gasteiger partial charge in [0, 0.05) is 5.56 Å². The Morgan fingerprint density at radius 3 is 2.37 bits per heavy atom. The van der Waals surface area contributed by atoms with Crippen LogP contribution in [0.4, 0.5) is 13.2 Å². The van der Waals surface area contributed by atoms with Crippen molar-refractivity contribution in [2.45, 2.75) is 13.1 Å². The topological polar surface area (TPSA) is 100 Å². The molecule has 1 aromatic heterocycles. The van der Waals surface area contributed by atoms with E-state index in [9.17, 15) is 21.6 Å². The number of rotatable bonds is 4. The van der Waals surface area contributed by atoms with Crippen LogP contribution in [0.15, 0.2) is 48.7 Å². The zero-order valence-corrected chi connectivity index (χ0v) is 14.6. The number of halogens is 3. The van der Waals surface area contributed by atoms with Gasteiger partial charge in [0.2, 0.25) is 0 Å². The molecule has 142 valence electrons. The zero-order valence-electron chi connectivity index (χ0n) is 13.8. The van der Waals surface area contributed by atoms with Crippen molar-refractivity contribution in [3.63, 3.8) is 0 Å². The Labute approximate surface area is 152 Å². The molecule has 27 heavy (non-hydrogen) atoms. The molecule has 0 atom stereocenters. The van der Waals surface area contributed by atoms with Gasteiger partial charge in [0.15, 0.2) is 0 Å². The molecule has 3 aromatic rings. The zero-order chi connectivity index (χ0) is 19.8. The minimum atomic E-state index is -4.47. The third-order valence-corrected chi connectivity index (χ3v) is 3.93. The average molecular weight is 398 g/mol. The van der Waals surface area contributed by atoms with E-state index in [1.54, 1.807) is 13.0 Å². The van der Waals surface area contributed by atoms with E-state index in [-0.39, 0.29) is 11.4 Å². The average Bonchev–Trinajstić information content (AvgIpc) is 3.02. The highest BCUT2D eigenvalue weighted by Gasteiger charge is 2.31. The molecule has 0 fully saturated rings. The molecule has 0 aliphatic heterocycles. The second-order valence-electron chi connectivity index (χ2n) is 5.70. The standard InChI is InChI=1S/C16H13F3N4O3S/c1-10-6-12(16(17,18)19)8-13(7-10)23-9-15(21-22-23)11-2-4-14(5-3-11)26-27(20,24)25/h2-9H,1H3,(H2,20,24,25). The fourth-order valence-electron chi connectivity index (χ4n) is 2.40. The van der Waals surface area contributed by atoms with Crippen LogP contribution in [-0.4, -0.2) is 23.4 Å². The van der Waals surface area contributed by atoms with Gasteiger partial charge in [-0.15, -0.1) is 5.10 Å². The Balaban J connectivity index is 1.90. The maximum absolute atomic E-state index is 13.0. The lowest BCUT2D eigenvalue weighted by Crippen LogP contribution is -2.18. The summed E-state index contributed by atoms with van der Waals surface area (Å²) >= 11 is 0. The van der Waals surface area contributed by atoms with E-state index >= 15 is 0 Å². The molecule has 0 amide bonds. The van der Waals surface area contributed by atoms with Crippen LogP contribution in [0.3, 0.4) is 0 Å². The summed E-state index contributed by atoms with van der Waals surface area (Å²) in [5, 5.41) is 12.6. The van der Waals surface area contributed by atoms with E-state index < -0.39 is 22.0 Å². The lowest BCUT2D eigenvalue weighted by atomic mass is 10.1. The Hall–Kier alpha value is -2.92. The van der Waals surface area contributed by atoms with Crippen LogP contribution in [0, 0.1) is 6.92 Å². The van der Waals surface area contributed by atoms with Gasteiger partial charge in [-0.05, 0) is 55.0 Å². The highest BCUT2D eigenvalue weighted by Crippen LogP contribution is 2.31. The normalized spacial score (nSPS) is 12.2. The van der Waals surface area contributed by atoms with Crippen molar-refractivity contribution in [3.8, 4) is 22.7 Å². The third-order valence-electron chi connectivity index (χ3n) is 3.51. The summed E-state index contributed by atoms with van der Waals surface area (Å²) in [7, 11) is -4.13. The van der Waals surface area contributed by atoms with Gasteiger partial charge in [-0.2, -0.15) is 26.7 Å². The maximum Gasteiger partial charge on any atom is 0.416 e. The van der Waals surface area contributed by atoms with Gasteiger partial charge >= 0.3 is 16.5 Å². The molecule has 0 spiro atoms. The summed E-state index contributed by atoms with van der Waals surface area (Å²) in [4.78, 5) is 0. The van der Waals surface area contributed by atoms with Crippen molar-refractivity contribution in [2.75, 3.05) is 0 Å². The number of benzene rings is 2. The second kappa shape index (κ2) is 6.67.